The Morgan fingerprint density at radius 3 is 2.10 bits per heavy atom. The van der Waals surface area contributed by atoms with Gasteiger partial charge in [0.05, 0.1) is 10.6 Å². The molecule has 0 bridgehead atoms. The minimum Gasteiger partial charge on any atom is -0.352 e. The van der Waals surface area contributed by atoms with E-state index >= 15 is 0 Å². The third-order valence-electron chi connectivity index (χ3n) is 6.42. The summed E-state index contributed by atoms with van der Waals surface area (Å²) in [7, 11) is -4.10. The molecule has 1 N–H and O–H groups in total. The van der Waals surface area contributed by atoms with Crippen molar-refractivity contribution in [2.24, 2.45) is 0 Å². The fourth-order valence-electron chi connectivity index (χ4n) is 4.24. The summed E-state index contributed by atoms with van der Waals surface area (Å²) in [5.74, 6) is -0.742. The smallest absolute Gasteiger partial charge is 0.264 e. The first-order chi connectivity index (χ1) is 18.4. The molecule has 39 heavy (non-hydrogen) atoms. The van der Waals surface area contributed by atoms with Gasteiger partial charge in [-0.3, -0.25) is 13.9 Å². The zero-order chi connectivity index (χ0) is 28.7. The molecule has 3 aromatic carbocycles. The van der Waals surface area contributed by atoms with Crippen LogP contribution in [0, 0.1) is 13.8 Å². The van der Waals surface area contributed by atoms with E-state index in [1.165, 1.54) is 17.0 Å². The second kappa shape index (κ2) is 13.3. The van der Waals surface area contributed by atoms with Crippen LogP contribution in [0.1, 0.15) is 43.9 Å². The number of nitrogens with one attached hydrogen (secondary N) is 1. The molecule has 2 amide bonds. The van der Waals surface area contributed by atoms with Gasteiger partial charge in [-0.25, -0.2) is 8.42 Å². The molecule has 0 aromatic heterocycles. The summed E-state index contributed by atoms with van der Waals surface area (Å²) in [4.78, 5) is 28.8. The van der Waals surface area contributed by atoms with Crippen LogP contribution in [0.15, 0.2) is 82.2 Å². The van der Waals surface area contributed by atoms with Crippen LogP contribution in [0.2, 0.25) is 0 Å². The summed E-state index contributed by atoms with van der Waals surface area (Å²) < 4.78 is 29.7. The fraction of sp³-hybridized carbons (Fsp3) is 0.333. The van der Waals surface area contributed by atoms with Gasteiger partial charge in [0.1, 0.15) is 12.6 Å². The first kappa shape index (κ1) is 30.4. The zero-order valence-electron chi connectivity index (χ0n) is 23.0. The topological polar surface area (TPSA) is 86.8 Å². The maximum absolute atomic E-state index is 14.1. The van der Waals surface area contributed by atoms with Gasteiger partial charge in [-0.05, 0) is 81.6 Å². The Kier molecular flexibility index (Phi) is 10.3. The molecule has 9 heteroatoms. The van der Waals surface area contributed by atoms with Gasteiger partial charge in [-0.1, -0.05) is 64.8 Å². The van der Waals surface area contributed by atoms with Gasteiger partial charge in [0.25, 0.3) is 10.0 Å². The van der Waals surface area contributed by atoms with E-state index in [1.54, 1.807) is 36.4 Å². The monoisotopic (exact) mass is 613 g/mol. The number of halogens is 1. The van der Waals surface area contributed by atoms with E-state index in [0.717, 1.165) is 25.5 Å². The highest BCUT2D eigenvalue weighted by Gasteiger charge is 2.34. The highest BCUT2D eigenvalue weighted by molar-refractivity contribution is 9.10. The number of sulfonamides is 1. The number of anilines is 1. The van der Waals surface area contributed by atoms with Crippen LogP contribution in [0.3, 0.4) is 0 Å². The number of hydrogen-bond donors (Lipinski definition) is 1. The number of benzene rings is 3. The number of aryl methyl sites for hydroxylation is 2. The summed E-state index contributed by atoms with van der Waals surface area (Å²) in [6.45, 7) is 9.11. The van der Waals surface area contributed by atoms with E-state index in [4.69, 9.17) is 0 Å². The Bertz CT molecular complexity index is 1390. The number of carbonyl (C=O) groups excluding carboxylic acids is 2. The minimum absolute atomic E-state index is 0.0823. The molecule has 0 aliphatic rings. The lowest BCUT2D eigenvalue weighted by Crippen LogP contribution is -2.53. The van der Waals surface area contributed by atoms with Crippen LogP contribution < -0.4 is 9.62 Å². The Morgan fingerprint density at radius 2 is 1.54 bits per heavy atom. The fourth-order valence-corrected chi connectivity index (χ4v) is 5.92. The molecule has 0 fully saturated rings. The van der Waals surface area contributed by atoms with E-state index < -0.39 is 28.5 Å². The lowest BCUT2D eigenvalue weighted by molar-refractivity contribution is -0.140. The van der Waals surface area contributed by atoms with Crippen LogP contribution in [0.5, 0.6) is 0 Å². The van der Waals surface area contributed by atoms with Gasteiger partial charge in [0, 0.05) is 17.1 Å². The van der Waals surface area contributed by atoms with Crippen molar-refractivity contribution in [2.45, 2.75) is 64.6 Å². The lowest BCUT2D eigenvalue weighted by atomic mass is 10.1. The first-order valence-electron chi connectivity index (χ1n) is 12.9. The van der Waals surface area contributed by atoms with Gasteiger partial charge in [0.15, 0.2) is 0 Å². The molecular formula is C30H36BrN3O4S. The molecule has 3 aromatic rings. The summed E-state index contributed by atoms with van der Waals surface area (Å²) in [6.07, 6.45) is 0.374. The Morgan fingerprint density at radius 1 is 0.923 bits per heavy atom. The molecule has 0 spiro atoms. The molecule has 3 rings (SSSR count). The number of nitrogens with zero attached hydrogens (tertiary/aromatic N) is 2. The summed E-state index contributed by atoms with van der Waals surface area (Å²) >= 11 is 3.39. The molecule has 208 valence electrons. The average Bonchev–Trinajstić information content (AvgIpc) is 2.88. The number of rotatable bonds is 11. The normalized spacial score (nSPS) is 12.2. The van der Waals surface area contributed by atoms with E-state index in [9.17, 15) is 18.0 Å². The highest BCUT2D eigenvalue weighted by Crippen LogP contribution is 2.27. The Balaban J connectivity index is 2.07. The van der Waals surface area contributed by atoms with Crippen molar-refractivity contribution in [3.63, 3.8) is 0 Å². The van der Waals surface area contributed by atoms with E-state index in [-0.39, 0.29) is 23.4 Å². The maximum atomic E-state index is 14.1. The minimum atomic E-state index is -4.10. The van der Waals surface area contributed by atoms with Gasteiger partial charge >= 0.3 is 0 Å². The summed E-state index contributed by atoms with van der Waals surface area (Å²) in [6, 6.07) is 20.1. The summed E-state index contributed by atoms with van der Waals surface area (Å²) in [5, 5.41) is 2.91. The van der Waals surface area contributed by atoms with Gasteiger partial charge in [-0.15, -0.1) is 0 Å². The molecule has 0 saturated heterocycles. The molecule has 0 saturated carbocycles. The lowest BCUT2D eigenvalue weighted by Gasteiger charge is -2.34. The molecule has 0 aliphatic heterocycles. The van der Waals surface area contributed by atoms with Gasteiger partial charge in [0.2, 0.25) is 11.8 Å². The predicted molar refractivity (Wildman–Crippen MR) is 159 cm³/mol. The second-order valence-corrected chi connectivity index (χ2v) is 12.6. The third-order valence-corrected chi connectivity index (χ3v) is 8.74. The average molecular weight is 615 g/mol. The van der Waals surface area contributed by atoms with E-state index in [2.05, 4.69) is 21.2 Å². The van der Waals surface area contributed by atoms with Crippen LogP contribution in [0.25, 0.3) is 0 Å². The van der Waals surface area contributed by atoms with Crippen LogP contribution in [0.4, 0.5) is 5.69 Å². The molecule has 7 nitrogen and oxygen atoms in total. The quantitative estimate of drug-likeness (QED) is 0.305. The Labute approximate surface area is 240 Å². The second-order valence-electron chi connectivity index (χ2n) is 9.84. The van der Waals surface area contributed by atoms with Crippen LogP contribution in [-0.4, -0.2) is 43.8 Å². The van der Waals surface area contributed by atoms with E-state index in [0.29, 0.717) is 12.1 Å². The first-order valence-corrected chi connectivity index (χ1v) is 15.2. The highest BCUT2D eigenvalue weighted by atomic mass is 79.9. The molecular weight excluding hydrogens is 578 g/mol. The largest absolute Gasteiger partial charge is 0.352 e. The van der Waals surface area contributed by atoms with Crippen molar-refractivity contribution in [3.05, 3.63) is 94.0 Å². The van der Waals surface area contributed by atoms with Crippen LogP contribution >= 0.6 is 15.9 Å². The summed E-state index contributed by atoms with van der Waals surface area (Å²) in [5.41, 5.74) is 3.14. The molecule has 1 atom stereocenters. The van der Waals surface area contributed by atoms with Crippen LogP contribution in [-0.2, 0) is 26.2 Å². The van der Waals surface area contributed by atoms with Gasteiger partial charge in [-0.2, -0.15) is 0 Å². The predicted octanol–water partition coefficient (Wildman–Crippen LogP) is 5.59. The van der Waals surface area contributed by atoms with Crippen molar-refractivity contribution < 1.29 is 18.0 Å². The van der Waals surface area contributed by atoms with Crippen molar-refractivity contribution in [1.29, 1.82) is 0 Å². The van der Waals surface area contributed by atoms with E-state index in [1.807, 2.05) is 58.9 Å². The van der Waals surface area contributed by atoms with Crippen molar-refractivity contribution in [2.75, 3.05) is 10.8 Å². The number of amides is 2. The van der Waals surface area contributed by atoms with Crippen molar-refractivity contribution in [1.82, 2.24) is 10.2 Å². The number of hydrogen-bond acceptors (Lipinski definition) is 4. The SMILES string of the molecule is CCC(C(=O)NC(C)C)N(Cc1ccccc1C)C(=O)CN(c1ccc(Br)cc1)S(=O)(=O)c1ccc(C)cc1. The van der Waals surface area contributed by atoms with Crippen molar-refractivity contribution in [3.8, 4) is 0 Å². The van der Waals surface area contributed by atoms with Gasteiger partial charge < -0.3 is 10.2 Å². The Hall–Kier alpha value is -3.17. The molecule has 0 aliphatic carbocycles. The standard InChI is InChI=1S/C30H36BrN3O4S/c1-6-28(30(36)32-21(2)3)33(19-24-10-8-7-9-23(24)5)29(35)20-34(26-15-13-25(31)14-16-26)39(37,38)27-17-11-22(4)12-18-27/h7-18,21,28H,6,19-20H2,1-5H3,(H,32,36). The molecule has 0 radical (unpaired) electrons. The molecule has 0 heterocycles. The third kappa shape index (κ3) is 7.70. The molecule has 1 unspecified atom stereocenters. The zero-order valence-corrected chi connectivity index (χ0v) is 25.4. The maximum Gasteiger partial charge on any atom is 0.264 e. The van der Waals surface area contributed by atoms with Crippen molar-refractivity contribution >= 4 is 43.5 Å². The number of carbonyl (C=O) groups is 2.